The van der Waals surface area contributed by atoms with Gasteiger partial charge in [0.15, 0.2) is 0 Å². The Balaban J connectivity index is 1.60. The van der Waals surface area contributed by atoms with Gasteiger partial charge in [0.25, 0.3) is 0 Å². The van der Waals surface area contributed by atoms with Crippen LogP contribution in [0.5, 0.6) is 0 Å². The third kappa shape index (κ3) is 3.53. The zero-order chi connectivity index (χ0) is 13.8. The monoisotopic (exact) mass is 312 g/mol. The summed E-state index contributed by atoms with van der Waals surface area (Å²) in [7, 11) is 0. The largest absolute Gasteiger partial charge is 0.271 e. The fourth-order valence-electron chi connectivity index (χ4n) is 3.12. The normalized spacial score (nSPS) is 25.9. The first kappa shape index (κ1) is 14.8. The van der Waals surface area contributed by atoms with Gasteiger partial charge in [0, 0.05) is 41.2 Å². The van der Waals surface area contributed by atoms with E-state index in [4.69, 9.17) is 10.9 Å². The Morgan fingerprint density at radius 2 is 2.25 bits per heavy atom. The molecule has 1 aromatic heterocycles. The highest BCUT2D eigenvalue weighted by Gasteiger charge is 2.25. The van der Waals surface area contributed by atoms with Crippen LogP contribution < -0.4 is 11.3 Å². The lowest BCUT2D eigenvalue weighted by Crippen LogP contribution is -2.46. The highest BCUT2D eigenvalue weighted by molar-refractivity contribution is 8.06. The van der Waals surface area contributed by atoms with E-state index in [-0.39, 0.29) is 0 Å². The molecule has 0 bridgehead atoms. The maximum Gasteiger partial charge on any atom is 0.0641 e. The van der Waals surface area contributed by atoms with E-state index in [1.54, 1.807) is 0 Å². The van der Waals surface area contributed by atoms with Gasteiger partial charge >= 0.3 is 0 Å². The quantitative estimate of drug-likeness (QED) is 0.645. The fourth-order valence-corrected chi connectivity index (χ4v) is 5.99. The van der Waals surface area contributed by atoms with Gasteiger partial charge in [-0.25, -0.2) is 0 Å². The minimum absolute atomic E-state index is 0.333. The number of hydrazine groups is 1. The predicted octanol–water partition coefficient (Wildman–Crippen LogP) is 2.22. The molecule has 1 aliphatic carbocycles. The van der Waals surface area contributed by atoms with Crippen molar-refractivity contribution in [2.24, 2.45) is 5.84 Å². The molecule has 2 aliphatic rings. The van der Waals surface area contributed by atoms with Crippen molar-refractivity contribution >= 4 is 23.5 Å². The summed E-state index contributed by atoms with van der Waals surface area (Å²) in [5.74, 6) is 9.48. The standard InChI is InChI=1S/C14H24N4S2/c15-16-13(14-10-19-7-8-20-14)9-11-5-6-18(17-11)12-3-1-2-4-12/h5-6,12-14,16H,1-4,7-10,15H2. The van der Waals surface area contributed by atoms with Crippen molar-refractivity contribution in [2.75, 3.05) is 17.3 Å². The molecule has 2 unspecified atom stereocenters. The minimum Gasteiger partial charge on any atom is -0.271 e. The number of thioether (sulfide) groups is 2. The molecular weight excluding hydrogens is 288 g/mol. The molecule has 3 rings (SSSR count). The lowest BCUT2D eigenvalue weighted by Gasteiger charge is -2.28. The van der Waals surface area contributed by atoms with Crippen LogP contribution in [0.4, 0.5) is 0 Å². The number of nitrogens with two attached hydrogens (primary N) is 1. The summed E-state index contributed by atoms with van der Waals surface area (Å²) in [5, 5.41) is 5.39. The highest BCUT2D eigenvalue weighted by Crippen LogP contribution is 2.30. The molecule has 2 heterocycles. The lowest BCUT2D eigenvalue weighted by atomic mass is 10.1. The highest BCUT2D eigenvalue weighted by atomic mass is 32.2. The molecule has 1 saturated heterocycles. The zero-order valence-electron chi connectivity index (χ0n) is 11.8. The topological polar surface area (TPSA) is 55.9 Å². The first-order chi connectivity index (χ1) is 9.86. The van der Waals surface area contributed by atoms with E-state index in [0.717, 1.165) is 6.42 Å². The Labute approximate surface area is 129 Å². The number of hydrogen-bond acceptors (Lipinski definition) is 5. The molecule has 3 N–H and O–H groups in total. The summed E-state index contributed by atoms with van der Waals surface area (Å²) in [6.45, 7) is 0. The van der Waals surface area contributed by atoms with Gasteiger partial charge in [0.2, 0.25) is 0 Å². The van der Waals surface area contributed by atoms with Crippen LogP contribution in [0.25, 0.3) is 0 Å². The van der Waals surface area contributed by atoms with Crippen LogP contribution in [-0.2, 0) is 6.42 Å². The van der Waals surface area contributed by atoms with Gasteiger partial charge in [-0.15, -0.1) is 0 Å². The summed E-state index contributed by atoms with van der Waals surface area (Å²) >= 11 is 4.09. The second-order valence-electron chi connectivity index (χ2n) is 5.69. The molecular formula is C14H24N4S2. The van der Waals surface area contributed by atoms with Gasteiger partial charge in [-0.1, -0.05) is 12.8 Å². The Kier molecular flexibility index (Phi) is 5.31. The Morgan fingerprint density at radius 1 is 1.40 bits per heavy atom. The van der Waals surface area contributed by atoms with Crippen LogP contribution in [0.3, 0.4) is 0 Å². The van der Waals surface area contributed by atoms with E-state index in [0.29, 0.717) is 17.3 Å². The first-order valence-electron chi connectivity index (χ1n) is 7.56. The van der Waals surface area contributed by atoms with Crippen molar-refractivity contribution in [3.8, 4) is 0 Å². The van der Waals surface area contributed by atoms with Crippen LogP contribution in [-0.4, -0.2) is 38.3 Å². The van der Waals surface area contributed by atoms with E-state index in [9.17, 15) is 0 Å². The first-order valence-corrected chi connectivity index (χ1v) is 9.76. The fraction of sp³-hybridized carbons (Fsp3) is 0.786. The van der Waals surface area contributed by atoms with Crippen LogP contribution in [0, 0.1) is 0 Å². The van der Waals surface area contributed by atoms with E-state index in [1.165, 1.54) is 48.6 Å². The summed E-state index contributed by atoms with van der Waals surface area (Å²) in [5.41, 5.74) is 4.19. The van der Waals surface area contributed by atoms with Crippen molar-refractivity contribution < 1.29 is 0 Å². The summed E-state index contributed by atoms with van der Waals surface area (Å²) in [6.07, 6.45) is 8.37. The van der Waals surface area contributed by atoms with Gasteiger partial charge in [-0.3, -0.25) is 16.0 Å². The predicted molar refractivity (Wildman–Crippen MR) is 88.1 cm³/mol. The molecule has 0 radical (unpaired) electrons. The van der Waals surface area contributed by atoms with E-state index in [2.05, 4.69) is 22.4 Å². The Morgan fingerprint density at radius 3 is 2.95 bits per heavy atom. The second kappa shape index (κ2) is 7.20. The molecule has 0 aromatic carbocycles. The zero-order valence-corrected chi connectivity index (χ0v) is 13.5. The molecule has 1 saturated carbocycles. The summed E-state index contributed by atoms with van der Waals surface area (Å²) in [6, 6.07) is 3.14. The van der Waals surface area contributed by atoms with Crippen molar-refractivity contribution in [3.05, 3.63) is 18.0 Å². The maximum atomic E-state index is 5.77. The van der Waals surface area contributed by atoms with Crippen molar-refractivity contribution in [2.45, 2.75) is 49.4 Å². The summed E-state index contributed by atoms with van der Waals surface area (Å²) < 4.78 is 2.18. The van der Waals surface area contributed by atoms with Crippen LogP contribution in [0.1, 0.15) is 37.4 Å². The molecule has 2 atom stereocenters. The molecule has 112 valence electrons. The van der Waals surface area contributed by atoms with Gasteiger partial charge in [-0.05, 0) is 18.9 Å². The third-order valence-electron chi connectivity index (χ3n) is 4.30. The third-order valence-corrected chi connectivity index (χ3v) is 7.22. The van der Waals surface area contributed by atoms with Crippen molar-refractivity contribution in [1.29, 1.82) is 0 Å². The number of aromatic nitrogens is 2. The molecule has 1 aliphatic heterocycles. The number of nitrogens with zero attached hydrogens (tertiary/aromatic N) is 2. The van der Waals surface area contributed by atoms with Gasteiger partial charge in [0.05, 0.1) is 11.7 Å². The van der Waals surface area contributed by atoms with Crippen LogP contribution in [0.15, 0.2) is 12.3 Å². The molecule has 1 aromatic rings. The average Bonchev–Trinajstić information content (AvgIpc) is 3.16. The summed E-state index contributed by atoms with van der Waals surface area (Å²) in [4.78, 5) is 0. The van der Waals surface area contributed by atoms with Crippen molar-refractivity contribution in [3.63, 3.8) is 0 Å². The number of nitrogens with one attached hydrogen (secondary N) is 1. The number of hydrogen-bond donors (Lipinski definition) is 2. The van der Waals surface area contributed by atoms with E-state index < -0.39 is 0 Å². The Bertz CT molecular complexity index is 411. The van der Waals surface area contributed by atoms with Crippen LogP contribution >= 0.6 is 23.5 Å². The van der Waals surface area contributed by atoms with Gasteiger partial charge < -0.3 is 0 Å². The molecule has 4 nitrogen and oxygen atoms in total. The SMILES string of the molecule is NNC(Cc1ccn(C2CCCC2)n1)C1CSCCS1. The molecule has 2 fully saturated rings. The van der Waals surface area contributed by atoms with Gasteiger partial charge in [0.1, 0.15) is 0 Å². The molecule has 20 heavy (non-hydrogen) atoms. The maximum absolute atomic E-state index is 5.77. The molecule has 6 heteroatoms. The average molecular weight is 313 g/mol. The van der Waals surface area contributed by atoms with Crippen molar-refractivity contribution in [1.82, 2.24) is 15.2 Å². The van der Waals surface area contributed by atoms with E-state index >= 15 is 0 Å². The van der Waals surface area contributed by atoms with Crippen LogP contribution in [0.2, 0.25) is 0 Å². The van der Waals surface area contributed by atoms with E-state index in [1.807, 2.05) is 23.5 Å². The van der Waals surface area contributed by atoms with Gasteiger partial charge in [-0.2, -0.15) is 28.6 Å². The second-order valence-corrected chi connectivity index (χ2v) is 8.18. The Hall–Kier alpha value is -0.170. The smallest absolute Gasteiger partial charge is 0.0641 e. The lowest BCUT2D eigenvalue weighted by molar-refractivity contribution is 0.455. The molecule has 0 amide bonds. The molecule has 0 spiro atoms. The number of rotatable bonds is 5. The minimum atomic E-state index is 0.333.